The molecular weight excluding hydrogens is 394 g/mol. The molecule has 170 valence electrons. The fourth-order valence-corrected chi connectivity index (χ4v) is 5.30. The van der Waals surface area contributed by atoms with E-state index >= 15 is 0 Å². The summed E-state index contributed by atoms with van der Waals surface area (Å²) in [7, 11) is 1.64. The van der Waals surface area contributed by atoms with Gasteiger partial charge in [0.15, 0.2) is 0 Å². The van der Waals surface area contributed by atoms with Crippen LogP contribution < -0.4 is 4.74 Å². The van der Waals surface area contributed by atoms with Crippen LogP contribution in [0.15, 0.2) is 24.3 Å². The van der Waals surface area contributed by atoms with E-state index in [1.165, 1.54) is 0 Å². The molecule has 3 aliphatic rings. The standard InChI is InChI=1S/C24H35N3O4/c1-19(28)25-11-13-26(14-12-25)21-6-15-31-24(18-21)7-9-27(10-8-24)23(29)17-20-4-3-5-22(16-20)30-2/h3-5,16,21H,6-15,17-18H2,1-2H3/t21-/m1/s1. The van der Waals surface area contributed by atoms with E-state index in [0.717, 1.165) is 82.9 Å². The largest absolute Gasteiger partial charge is 0.497 e. The molecule has 3 fully saturated rings. The van der Waals surface area contributed by atoms with Gasteiger partial charge in [0.1, 0.15) is 5.75 Å². The first-order valence-corrected chi connectivity index (χ1v) is 11.5. The van der Waals surface area contributed by atoms with Crippen LogP contribution in [0.2, 0.25) is 0 Å². The number of nitrogens with zero attached hydrogens (tertiary/aromatic N) is 3. The number of piperazine rings is 1. The summed E-state index contributed by atoms with van der Waals surface area (Å²) < 4.78 is 11.6. The Bertz CT molecular complexity index is 783. The average Bonchev–Trinajstić information content (AvgIpc) is 2.80. The van der Waals surface area contributed by atoms with E-state index in [1.54, 1.807) is 14.0 Å². The molecule has 4 rings (SSSR count). The Morgan fingerprint density at radius 1 is 1.10 bits per heavy atom. The second kappa shape index (κ2) is 9.57. The van der Waals surface area contributed by atoms with Crippen molar-refractivity contribution >= 4 is 11.8 Å². The minimum Gasteiger partial charge on any atom is -0.497 e. The zero-order valence-electron chi connectivity index (χ0n) is 18.8. The number of piperidine rings is 1. The highest BCUT2D eigenvalue weighted by Gasteiger charge is 2.42. The van der Waals surface area contributed by atoms with Crippen molar-refractivity contribution in [2.24, 2.45) is 0 Å². The summed E-state index contributed by atoms with van der Waals surface area (Å²) in [5.41, 5.74) is 0.885. The molecule has 1 aromatic carbocycles. The van der Waals surface area contributed by atoms with Crippen molar-refractivity contribution < 1.29 is 19.1 Å². The highest BCUT2D eigenvalue weighted by Crippen LogP contribution is 2.37. The van der Waals surface area contributed by atoms with Gasteiger partial charge < -0.3 is 19.3 Å². The predicted molar refractivity (Wildman–Crippen MR) is 118 cm³/mol. The van der Waals surface area contributed by atoms with E-state index < -0.39 is 0 Å². The number of ether oxygens (including phenoxy) is 2. The Morgan fingerprint density at radius 3 is 2.52 bits per heavy atom. The molecule has 0 N–H and O–H groups in total. The van der Waals surface area contributed by atoms with E-state index in [-0.39, 0.29) is 17.4 Å². The third kappa shape index (κ3) is 5.21. The zero-order chi connectivity index (χ0) is 21.8. The van der Waals surface area contributed by atoms with Crippen molar-refractivity contribution in [2.45, 2.75) is 50.7 Å². The van der Waals surface area contributed by atoms with Gasteiger partial charge in [0.25, 0.3) is 0 Å². The summed E-state index contributed by atoms with van der Waals surface area (Å²) in [6, 6.07) is 8.26. The topological polar surface area (TPSA) is 62.3 Å². The van der Waals surface area contributed by atoms with Crippen LogP contribution in [-0.2, 0) is 20.7 Å². The van der Waals surface area contributed by atoms with E-state index in [2.05, 4.69) is 4.90 Å². The molecule has 0 radical (unpaired) electrons. The lowest BCUT2D eigenvalue weighted by molar-refractivity contribution is -0.151. The maximum atomic E-state index is 12.8. The van der Waals surface area contributed by atoms with Crippen molar-refractivity contribution in [2.75, 3.05) is 53.0 Å². The Labute approximate surface area is 185 Å². The molecule has 7 nitrogen and oxygen atoms in total. The molecule has 3 aliphatic heterocycles. The Hall–Kier alpha value is -2.12. The number of hydrogen-bond donors (Lipinski definition) is 0. The number of rotatable bonds is 4. The molecule has 31 heavy (non-hydrogen) atoms. The number of likely N-dealkylation sites (tertiary alicyclic amines) is 1. The summed E-state index contributed by atoms with van der Waals surface area (Å²) in [6.07, 6.45) is 4.31. The van der Waals surface area contributed by atoms with Crippen molar-refractivity contribution in [3.63, 3.8) is 0 Å². The first-order chi connectivity index (χ1) is 15.0. The van der Waals surface area contributed by atoms with Gasteiger partial charge in [0.05, 0.1) is 19.1 Å². The van der Waals surface area contributed by atoms with Crippen molar-refractivity contribution in [1.82, 2.24) is 14.7 Å². The van der Waals surface area contributed by atoms with Crippen LogP contribution in [0, 0.1) is 0 Å². The smallest absolute Gasteiger partial charge is 0.226 e. The van der Waals surface area contributed by atoms with Gasteiger partial charge in [0, 0.05) is 58.8 Å². The molecule has 3 saturated heterocycles. The molecule has 1 spiro atoms. The number of benzene rings is 1. The number of amides is 2. The van der Waals surface area contributed by atoms with Crippen LogP contribution in [0.4, 0.5) is 0 Å². The third-order valence-corrected chi connectivity index (χ3v) is 7.26. The molecule has 0 bridgehead atoms. The van der Waals surface area contributed by atoms with E-state index in [9.17, 15) is 9.59 Å². The Balaban J connectivity index is 1.29. The van der Waals surface area contributed by atoms with Gasteiger partial charge in [-0.05, 0) is 43.4 Å². The monoisotopic (exact) mass is 429 g/mol. The van der Waals surface area contributed by atoms with Crippen molar-refractivity contribution in [3.8, 4) is 5.75 Å². The van der Waals surface area contributed by atoms with Crippen LogP contribution in [0.25, 0.3) is 0 Å². The number of carbonyl (C=O) groups excluding carboxylic acids is 2. The maximum absolute atomic E-state index is 12.8. The van der Waals surface area contributed by atoms with E-state index in [1.807, 2.05) is 34.1 Å². The minimum atomic E-state index is -0.104. The molecule has 1 aromatic rings. The molecule has 0 aliphatic carbocycles. The lowest BCUT2D eigenvalue weighted by Crippen LogP contribution is -2.57. The van der Waals surface area contributed by atoms with Gasteiger partial charge in [0.2, 0.25) is 11.8 Å². The first-order valence-electron chi connectivity index (χ1n) is 11.5. The molecular formula is C24H35N3O4. The second-order valence-electron chi connectivity index (χ2n) is 9.13. The van der Waals surface area contributed by atoms with E-state index in [0.29, 0.717) is 12.5 Å². The Morgan fingerprint density at radius 2 is 1.84 bits per heavy atom. The van der Waals surface area contributed by atoms with Crippen LogP contribution >= 0.6 is 0 Å². The SMILES string of the molecule is COc1cccc(CC(=O)N2CCC3(CC2)C[C@H](N2CCN(C(C)=O)CC2)CCO3)c1. The quantitative estimate of drug-likeness (QED) is 0.732. The zero-order valence-corrected chi connectivity index (χ0v) is 18.8. The van der Waals surface area contributed by atoms with Crippen LogP contribution in [0.3, 0.4) is 0 Å². The fraction of sp³-hybridized carbons (Fsp3) is 0.667. The van der Waals surface area contributed by atoms with E-state index in [4.69, 9.17) is 9.47 Å². The lowest BCUT2D eigenvalue weighted by atomic mass is 9.81. The van der Waals surface area contributed by atoms with Gasteiger partial charge in [-0.2, -0.15) is 0 Å². The van der Waals surface area contributed by atoms with Crippen LogP contribution in [0.1, 0.15) is 38.2 Å². The summed E-state index contributed by atoms with van der Waals surface area (Å²) in [5.74, 6) is 1.14. The average molecular weight is 430 g/mol. The van der Waals surface area contributed by atoms with Gasteiger partial charge in [-0.3, -0.25) is 14.5 Å². The lowest BCUT2D eigenvalue weighted by Gasteiger charge is -2.49. The summed E-state index contributed by atoms with van der Waals surface area (Å²) in [4.78, 5) is 30.9. The van der Waals surface area contributed by atoms with Gasteiger partial charge >= 0.3 is 0 Å². The minimum absolute atomic E-state index is 0.104. The molecule has 7 heteroatoms. The summed E-state index contributed by atoms with van der Waals surface area (Å²) >= 11 is 0. The molecule has 2 amide bonds. The number of carbonyl (C=O) groups is 2. The normalized spacial score (nSPS) is 24.3. The highest BCUT2D eigenvalue weighted by atomic mass is 16.5. The second-order valence-corrected chi connectivity index (χ2v) is 9.13. The van der Waals surface area contributed by atoms with Crippen LogP contribution in [-0.4, -0.2) is 91.1 Å². The number of hydrogen-bond acceptors (Lipinski definition) is 5. The molecule has 0 aromatic heterocycles. The van der Waals surface area contributed by atoms with Crippen molar-refractivity contribution in [1.29, 1.82) is 0 Å². The molecule has 3 heterocycles. The molecule has 0 unspecified atom stereocenters. The fourth-order valence-electron chi connectivity index (χ4n) is 5.30. The Kier molecular flexibility index (Phi) is 6.82. The van der Waals surface area contributed by atoms with Gasteiger partial charge in [-0.1, -0.05) is 12.1 Å². The number of methoxy groups -OCH3 is 1. The van der Waals surface area contributed by atoms with Gasteiger partial charge in [-0.15, -0.1) is 0 Å². The molecule has 0 saturated carbocycles. The highest BCUT2D eigenvalue weighted by molar-refractivity contribution is 5.79. The first kappa shape index (κ1) is 22.1. The predicted octanol–water partition coefficient (Wildman–Crippen LogP) is 1.94. The summed E-state index contributed by atoms with van der Waals surface area (Å²) in [5, 5.41) is 0. The maximum Gasteiger partial charge on any atom is 0.226 e. The third-order valence-electron chi connectivity index (χ3n) is 7.26. The van der Waals surface area contributed by atoms with Crippen molar-refractivity contribution in [3.05, 3.63) is 29.8 Å². The van der Waals surface area contributed by atoms with Crippen LogP contribution in [0.5, 0.6) is 5.75 Å². The van der Waals surface area contributed by atoms with Gasteiger partial charge in [-0.25, -0.2) is 0 Å². The summed E-state index contributed by atoms with van der Waals surface area (Å²) in [6.45, 7) is 7.51. The molecule has 1 atom stereocenters.